The Bertz CT molecular complexity index is 674. The molecule has 0 aliphatic heterocycles. The lowest BCUT2D eigenvalue weighted by molar-refractivity contribution is 0.475. The SMILES string of the molecule is N#Cc1ccc(N(Cc2ccco2)Cc2ccco2)nc1. The summed E-state index contributed by atoms with van der Waals surface area (Å²) in [5, 5.41) is 8.85. The van der Waals surface area contributed by atoms with Crippen LogP contribution in [0.4, 0.5) is 5.82 Å². The van der Waals surface area contributed by atoms with Crippen LogP contribution in [0.25, 0.3) is 0 Å². The van der Waals surface area contributed by atoms with E-state index in [4.69, 9.17) is 14.1 Å². The van der Waals surface area contributed by atoms with Crippen LogP contribution in [0.5, 0.6) is 0 Å². The van der Waals surface area contributed by atoms with Crippen LogP contribution in [0, 0.1) is 11.3 Å². The summed E-state index contributed by atoms with van der Waals surface area (Å²) in [6, 6.07) is 13.2. The van der Waals surface area contributed by atoms with Crippen LogP contribution >= 0.6 is 0 Å². The van der Waals surface area contributed by atoms with E-state index in [0.717, 1.165) is 17.3 Å². The number of nitrogens with zero attached hydrogens (tertiary/aromatic N) is 3. The Kier molecular flexibility index (Phi) is 3.70. The van der Waals surface area contributed by atoms with Gasteiger partial charge in [0.05, 0.1) is 31.2 Å². The van der Waals surface area contributed by atoms with Gasteiger partial charge >= 0.3 is 0 Å². The fourth-order valence-corrected chi connectivity index (χ4v) is 2.04. The van der Waals surface area contributed by atoms with Crippen molar-refractivity contribution < 1.29 is 8.83 Å². The smallest absolute Gasteiger partial charge is 0.129 e. The minimum Gasteiger partial charge on any atom is -0.467 e. The van der Waals surface area contributed by atoms with E-state index in [1.807, 2.05) is 35.2 Å². The second-order valence-corrected chi connectivity index (χ2v) is 4.53. The van der Waals surface area contributed by atoms with Gasteiger partial charge in [-0.3, -0.25) is 0 Å². The van der Waals surface area contributed by atoms with Crippen molar-refractivity contribution in [1.82, 2.24) is 4.98 Å². The van der Waals surface area contributed by atoms with Gasteiger partial charge in [0.1, 0.15) is 23.4 Å². The predicted octanol–water partition coefficient (Wildman–Crippen LogP) is 3.35. The van der Waals surface area contributed by atoms with E-state index in [9.17, 15) is 0 Å². The van der Waals surface area contributed by atoms with Gasteiger partial charge in [-0.2, -0.15) is 5.26 Å². The maximum Gasteiger partial charge on any atom is 0.129 e. The highest BCUT2D eigenvalue weighted by atomic mass is 16.3. The van der Waals surface area contributed by atoms with E-state index in [0.29, 0.717) is 18.7 Å². The standard InChI is InChI=1S/C16H13N3O2/c17-9-13-5-6-16(18-10-13)19(11-14-3-1-7-20-14)12-15-4-2-8-21-15/h1-8,10H,11-12H2. The molecule has 0 fully saturated rings. The number of anilines is 1. The molecule has 0 N–H and O–H groups in total. The summed E-state index contributed by atoms with van der Waals surface area (Å²) in [4.78, 5) is 6.36. The molecule has 5 heteroatoms. The van der Waals surface area contributed by atoms with Crippen molar-refractivity contribution in [3.8, 4) is 6.07 Å². The van der Waals surface area contributed by atoms with Gasteiger partial charge in [0, 0.05) is 6.20 Å². The van der Waals surface area contributed by atoms with Crippen molar-refractivity contribution in [1.29, 1.82) is 5.26 Å². The number of furan rings is 2. The highest BCUT2D eigenvalue weighted by molar-refractivity contribution is 5.42. The summed E-state index contributed by atoms with van der Waals surface area (Å²) >= 11 is 0. The van der Waals surface area contributed by atoms with Crippen LogP contribution in [0.3, 0.4) is 0 Å². The summed E-state index contributed by atoms with van der Waals surface area (Å²) in [6.07, 6.45) is 4.85. The van der Waals surface area contributed by atoms with Gasteiger partial charge in [0.25, 0.3) is 0 Å². The Balaban J connectivity index is 1.85. The minimum atomic E-state index is 0.537. The predicted molar refractivity (Wildman–Crippen MR) is 76.3 cm³/mol. The van der Waals surface area contributed by atoms with Crippen LogP contribution in [-0.4, -0.2) is 4.98 Å². The molecule has 0 amide bonds. The first-order chi connectivity index (χ1) is 10.3. The van der Waals surface area contributed by atoms with E-state index in [1.54, 1.807) is 24.8 Å². The summed E-state index contributed by atoms with van der Waals surface area (Å²) in [5.41, 5.74) is 0.537. The Labute approximate surface area is 122 Å². The zero-order valence-electron chi connectivity index (χ0n) is 11.3. The Hall–Kier alpha value is -3.00. The maximum atomic E-state index is 8.85. The molecule has 0 saturated heterocycles. The number of aromatic nitrogens is 1. The average molecular weight is 279 g/mol. The average Bonchev–Trinajstić information content (AvgIpc) is 3.20. The molecule has 0 aliphatic carbocycles. The lowest BCUT2D eigenvalue weighted by Crippen LogP contribution is -2.22. The molecule has 0 radical (unpaired) electrons. The molecular weight excluding hydrogens is 266 g/mol. The first-order valence-electron chi connectivity index (χ1n) is 6.51. The van der Waals surface area contributed by atoms with Crippen molar-refractivity contribution >= 4 is 5.82 Å². The van der Waals surface area contributed by atoms with Gasteiger partial charge in [0.15, 0.2) is 0 Å². The Morgan fingerprint density at radius 1 is 1.00 bits per heavy atom. The Morgan fingerprint density at radius 2 is 1.67 bits per heavy atom. The van der Waals surface area contributed by atoms with E-state index in [2.05, 4.69) is 11.1 Å². The largest absolute Gasteiger partial charge is 0.467 e. The third-order valence-corrected chi connectivity index (χ3v) is 3.05. The van der Waals surface area contributed by atoms with Crippen LogP contribution in [0.15, 0.2) is 64.0 Å². The molecule has 5 nitrogen and oxygen atoms in total. The minimum absolute atomic E-state index is 0.537. The molecule has 3 rings (SSSR count). The van der Waals surface area contributed by atoms with Crippen molar-refractivity contribution in [3.05, 3.63) is 72.2 Å². The zero-order valence-corrected chi connectivity index (χ0v) is 11.3. The topological polar surface area (TPSA) is 66.2 Å². The highest BCUT2D eigenvalue weighted by Crippen LogP contribution is 2.18. The summed E-state index contributed by atoms with van der Waals surface area (Å²) < 4.78 is 10.8. The van der Waals surface area contributed by atoms with Gasteiger partial charge in [0.2, 0.25) is 0 Å². The fraction of sp³-hybridized carbons (Fsp3) is 0.125. The molecular formula is C16H13N3O2. The number of pyridine rings is 1. The third-order valence-electron chi connectivity index (χ3n) is 3.05. The number of hydrogen-bond acceptors (Lipinski definition) is 5. The molecule has 21 heavy (non-hydrogen) atoms. The normalized spacial score (nSPS) is 10.2. The zero-order chi connectivity index (χ0) is 14.5. The van der Waals surface area contributed by atoms with Gasteiger partial charge in [-0.1, -0.05) is 0 Å². The monoisotopic (exact) mass is 279 g/mol. The second kappa shape index (κ2) is 5.97. The maximum absolute atomic E-state index is 8.85. The van der Waals surface area contributed by atoms with E-state index in [1.165, 1.54) is 0 Å². The highest BCUT2D eigenvalue weighted by Gasteiger charge is 2.12. The molecule has 3 aromatic rings. The second-order valence-electron chi connectivity index (χ2n) is 4.53. The first-order valence-corrected chi connectivity index (χ1v) is 6.51. The van der Waals surface area contributed by atoms with Crippen molar-refractivity contribution in [2.75, 3.05) is 4.90 Å². The summed E-state index contributed by atoms with van der Waals surface area (Å²) in [5.74, 6) is 2.45. The molecule has 0 aliphatic rings. The van der Waals surface area contributed by atoms with E-state index in [-0.39, 0.29) is 0 Å². The lowest BCUT2D eigenvalue weighted by Gasteiger charge is -2.21. The van der Waals surface area contributed by atoms with E-state index < -0.39 is 0 Å². The van der Waals surface area contributed by atoms with Crippen molar-refractivity contribution in [2.24, 2.45) is 0 Å². The molecule has 0 bridgehead atoms. The molecule has 0 atom stereocenters. The number of rotatable bonds is 5. The van der Waals surface area contributed by atoms with E-state index >= 15 is 0 Å². The van der Waals surface area contributed by atoms with Crippen LogP contribution in [0.2, 0.25) is 0 Å². The molecule has 3 heterocycles. The van der Waals surface area contributed by atoms with Gasteiger partial charge < -0.3 is 13.7 Å². The first kappa shape index (κ1) is 13.0. The third kappa shape index (κ3) is 3.12. The number of nitriles is 1. The molecule has 0 unspecified atom stereocenters. The van der Waals surface area contributed by atoms with Crippen LogP contribution in [0.1, 0.15) is 17.1 Å². The van der Waals surface area contributed by atoms with Gasteiger partial charge in [-0.25, -0.2) is 4.98 Å². The van der Waals surface area contributed by atoms with Crippen LogP contribution < -0.4 is 4.90 Å². The molecule has 0 spiro atoms. The fourth-order valence-electron chi connectivity index (χ4n) is 2.04. The molecule has 0 aromatic carbocycles. The lowest BCUT2D eigenvalue weighted by atomic mass is 10.3. The molecule has 0 saturated carbocycles. The van der Waals surface area contributed by atoms with Gasteiger partial charge in [-0.15, -0.1) is 0 Å². The van der Waals surface area contributed by atoms with Crippen molar-refractivity contribution in [2.45, 2.75) is 13.1 Å². The molecule has 3 aromatic heterocycles. The quantitative estimate of drug-likeness (QED) is 0.716. The van der Waals surface area contributed by atoms with Crippen LogP contribution in [-0.2, 0) is 13.1 Å². The van der Waals surface area contributed by atoms with Gasteiger partial charge in [-0.05, 0) is 36.4 Å². The number of hydrogen-bond donors (Lipinski definition) is 0. The Morgan fingerprint density at radius 3 is 2.10 bits per heavy atom. The molecule has 104 valence electrons. The summed E-state index contributed by atoms with van der Waals surface area (Å²) in [7, 11) is 0. The summed E-state index contributed by atoms with van der Waals surface area (Å²) in [6.45, 7) is 1.15. The van der Waals surface area contributed by atoms with Crippen molar-refractivity contribution in [3.63, 3.8) is 0 Å².